The average molecular weight is 604 g/mol. The number of guanidine groups is 1. The minimum absolute atomic E-state index is 0.00379. The predicted molar refractivity (Wildman–Crippen MR) is 165 cm³/mol. The molecule has 1 aromatic carbocycles. The maximum Gasteiger partial charge on any atom is 0.243 e. The summed E-state index contributed by atoms with van der Waals surface area (Å²) in [6.45, 7) is 7.50. The first-order chi connectivity index (χ1) is 20.2. The van der Waals surface area contributed by atoms with Crippen LogP contribution in [-0.4, -0.2) is 72.8 Å². The molecule has 5 amide bonds. The Bertz CT molecular complexity index is 1090. The molecule has 0 fully saturated rings. The number of carbonyl (C=O) groups excluding carboxylic acids is 5. The number of aliphatic imine (C=N–C) groups is 1. The molecular formula is C29H49N9O5. The molecule has 0 aliphatic rings. The van der Waals surface area contributed by atoms with Crippen LogP contribution in [0.1, 0.15) is 58.9 Å². The summed E-state index contributed by atoms with van der Waals surface area (Å²) in [6.07, 6.45) is 1.31. The third-order valence-corrected chi connectivity index (χ3v) is 6.41. The Hall–Kier alpha value is -4.20. The Balaban J connectivity index is 3.10. The van der Waals surface area contributed by atoms with Gasteiger partial charge in [-0.05, 0) is 43.1 Å². The van der Waals surface area contributed by atoms with Gasteiger partial charge in [0.1, 0.15) is 24.2 Å². The van der Waals surface area contributed by atoms with Crippen LogP contribution in [0.25, 0.3) is 0 Å². The molecule has 1 rings (SSSR count). The maximum absolute atomic E-state index is 13.5. The molecule has 0 radical (unpaired) electrons. The molecule has 0 saturated carbocycles. The molecule has 0 heterocycles. The molecule has 0 aliphatic carbocycles. The molecule has 14 heteroatoms. The molecule has 43 heavy (non-hydrogen) atoms. The van der Waals surface area contributed by atoms with E-state index >= 15 is 0 Å². The summed E-state index contributed by atoms with van der Waals surface area (Å²) in [5.74, 6) is -3.05. The first kappa shape index (κ1) is 36.8. The molecular weight excluding hydrogens is 554 g/mol. The Kier molecular flexibility index (Phi) is 16.3. The highest BCUT2D eigenvalue weighted by Gasteiger charge is 2.31. The second kappa shape index (κ2) is 19.1. The number of rotatable bonds is 19. The molecule has 240 valence electrons. The van der Waals surface area contributed by atoms with Gasteiger partial charge in [0, 0.05) is 13.0 Å². The second-order valence-electron chi connectivity index (χ2n) is 11.3. The minimum Gasteiger partial charge on any atom is -0.370 e. The molecule has 0 saturated heterocycles. The fourth-order valence-corrected chi connectivity index (χ4v) is 4.32. The predicted octanol–water partition coefficient (Wildman–Crippen LogP) is -1.24. The van der Waals surface area contributed by atoms with Crippen molar-refractivity contribution in [3.8, 4) is 0 Å². The Morgan fingerprint density at radius 3 is 1.65 bits per heavy atom. The standard InChI is InChI=1S/C29H49N9O5/c1-17(2)13-21(26(41)36-20(25(31)40)11-8-12-34-29(32)33)37-27(42)22(14-18(3)4)38-28(43)23(35-24(39)16-30)15-19-9-6-5-7-10-19/h5-7,9-10,17-18,20-23H,8,11-16,30H2,1-4H3,(H2,31,40)(H,35,39)(H,36,41)(H,37,42)(H,38,43)(H4,32,33,34)/t20-,21-,22-,23-/m0/s1. The zero-order valence-corrected chi connectivity index (χ0v) is 25.6. The zero-order valence-electron chi connectivity index (χ0n) is 25.6. The van der Waals surface area contributed by atoms with E-state index in [0.29, 0.717) is 6.42 Å². The smallest absolute Gasteiger partial charge is 0.243 e. The van der Waals surface area contributed by atoms with E-state index in [1.807, 2.05) is 58.0 Å². The van der Waals surface area contributed by atoms with Crippen LogP contribution in [-0.2, 0) is 30.4 Å². The number of nitrogens with one attached hydrogen (secondary N) is 4. The summed E-state index contributed by atoms with van der Waals surface area (Å²) in [6, 6.07) is 5.13. The molecule has 0 spiro atoms. The van der Waals surface area contributed by atoms with E-state index in [2.05, 4.69) is 26.3 Å². The molecule has 12 N–H and O–H groups in total. The lowest BCUT2D eigenvalue weighted by Crippen LogP contribution is -2.59. The van der Waals surface area contributed by atoms with Gasteiger partial charge in [-0.1, -0.05) is 58.0 Å². The van der Waals surface area contributed by atoms with Crippen LogP contribution in [0.5, 0.6) is 0 Å². The first-order valence-electron chi connectivity index (χ1n) is 14.5. The monoisotopic (exact) mass is 603 g/mol. The van der Waals surface area contributed by atoms with Gasteiger partial charge >= 0.3 is 0 Å². The summed E-state index contributed by atoms with van der Waals surface area (Å²) in [5, 5.41) is 10.7. The molecule has 4 atom stereocenters. The fraction of sp³-hybridized carbons (Fsp3) is 0.586. The van der Waals surface area contributed by atoms with Crippen molar-refractivity contribution in [3.05, 3.63) is 35.9 Å². The topological polar surface area (TPSA) is 250 Å². The zero-order chi connectivity index (χ0) is 32.5. The molecule has 0 aromatic heterocycles. The van der Waals surface area contributed by atoms with Gasteiger partial charge in [0.05, 0.1) is 6.54 Å². The largest absolute Gasteiger partial charge is 0.370 e. The summed E-state index contributed by atoms with van der Waals surface area (Å²) in [7, 11) is 0. The van der Waals surface area contributed by atoms with Crippen LogP contribution in [0.4, 0.5) is 0 Å². The number of hydrogen-bond donors (Lipinski definition) is 8. The van der Waals surface area contributed by atoms with E-state index in [9.17, 15) is 24.0 Å². The maximum atomic E-state index is 13.5. The number of primary amides is 1. The van der Waals surface area contributed by atoms with Crippen molar-refractivity contribution in [3.63, 3.8) is 0 Å². The molecule has 14 nitrogen and oxygen atoms in total. The van der Waals surface area contributed by atoms with Gasteiger partial charge in [-0.2, -0.15) is 0 Å². The lowest BCUT2D eigenvalue weighted by atomic mass is 9.99. The molecule has 0 unspecified atom stereocenters. The van der Waals surface area contributed by atoms with Crippen LogP contribution >= 0.6 is 0 Å². The first-order valence-corrected chi connectivity index (χ1v) is 14.5. The van der Waals surface area contributed by atoms with E-state index in [1.165, 1.54) is 0 Å². The number of nitrogens with two attached hydrogens (primary N) is 4. The minimum atomic E-state index is -1.01. The van der Waals surface area contributed by atoms with Crippen molar-refractivity contribution < 1.29 is 24.0 Å². The Labute approximate surface area is 253 Å². The van der Waals surface area contributed by atoms with Crippen molar-refractivity contribution in [2.24, 2.45) is 39.8 Å². The summed E-state index contributed by atoms with van der Waals surface area (Å²) < 4.78 is 0. The van der Waals surface area contributed by atoms with E-state index in [0.717, 1.165) is 5.56 Å². The van der Waals surface area contributed by atoms with Crippen LogP contribution in [0.15, 0.2) is 35.3 Å². The van der Waals surface area contributed by atoms with Crippen LogP contribution in [0.3, 0.4) is 0 Å². The summed E-state index contributed by atoms with van der Waals surface area (Å²) in [5.41, 5.74) is 22.4. The van der Waals surface area contributed by atoms with Crippen molar-refractivity contribution in [1.82, 2.24) is 21.3 Å². The van der Waals surface area contributed by atoms with Gasteiger partial charge in [-0.3, -0.25) is 29.0 Å². The van der Waals surface area contributed by atoms with Crippen molar-refractivity contribution in [2.45, 2.75) is 84.0 Å². The van der Waals surface area contributed by atoms with E-state index in [4.69, 9.17) is 22.9 Å². The number of nitrogens with zero attached hydrogens (tertiary/aromatic N) is 1. The van der Waals surface area contributed by atoms with Crippen molar-refractivity contribution in [2.75, 3.05) is 13.1 Å². The Morgan fingerprint density at radius 1 is 0.721 bits per heavy atom. The summed E-state index contributed by atoms with van der Waals surface area (Å²) >= 11 is 0. The average Bonchev–Trinajstić information content (AvgIpc) is 2.93. The van der Waals surface area contributed by atoms with Gasteiger partial charge in [-0.15, -0.1) is 0 Å². The highest BCUT2D eigenvalue weighted by Crippen LogP contribution is 2.11. The van der Waals surface area contributed by atoms with Crippen molar-refractivity contribution in [1.29, 1.82) is 0 Å². The number of hydrogen-bond acceptors (Lipinski definition) is 7. The van der Waals surface area contributed by atoms with Crippen LogP contribution < -0.4 is 44.2 Å². The van der Waals surface area contributed by atoms with E-state index in [-0.39, 0.29) is 56.6 Å². The van der Waals surface area contributed by atoms with Gasteiger partial charge in [0.25, 0.3) is 0 Å². The number of carbonyl (C=O) groups is 5. The Morgan fingerprint density at radius 2 is 1.21 bits per heavy atom. The molecule has 0 bridgehead atoms. The third kappa shape index (κ3) is 15.0. The van der Waals surface area contributed by atoms with E-state index < -0.39 is 53.7 Å². The lowest BCUT2D eigenvalue weighted by molar-refractivity contribution is -0.134. The number of benzene rings is 1. The lowest BCUT2D eigenvalue weighted by Gasteiger charge is -2.27. The molecule has 1 aromatic rings. The van der Waals surface area contributed by atoms with Crippen LogP contribution in [0, 0.1) is 11.8 Å². The third-order valence-electron chi connectivity index (χ3n) is 6.41. The van der Waals surface area contributed by atoms with Gasteiger partial charge in [0.15, 0.2) is 5.96 Å². The highest BCUT2D eigenvalue weighted by molar-refractivity contribution is 5.95. The SMILES string of the molecule is CC(C)C[C@H](NC(=O)[C@H](CC(C)C)NC(=O)[C@H](Cc1ccccc1)NC(=O)CN)C(=O)N[C@@H](CCCN=C(N)N)C(N)=O. The normalized spacial score (nSPS) is 13.7. The van der Waals surface area contributed by atoms with Gasteiger partial charge in [0.2, 0.25) is 29.5 Å². The fourth-order valence-electron chi connectivity index (χ4n) is 4.32. The van der Waals surface area contributed by atoms with Crippen molar-refractivity contribution >= 4 is 35.5 Å². The van der Waals surface area contributed by atoms with Gasteiger partial charge < -0.3 is 44.2 Å². The number of amides is 5. The van der Waals surface area contributed by atoms with Gasteiger partial charge in [-0.25, -0.2) is 0 Å². The highest BCUT2D eigenvalue weighted by atomic mass is 16.2. The quantitative estimate of drug-likeness (QED) is 0.0538. The summed E-state index contributed by atoms with van der Waals surface area (Å²) in [4.78, 5) is 68.1. The molecule has 0 aliphatic heterocycles. The second-order valence-corrected chi connectivity index (χ2v) is 11.3. The van der Waals surface area contributed by atoms with Crippen LogP contribution in [0.2, 0.25) is 0 Å². The van der Waals surface area contributed by atoms with E-state index in [1.54, 1.807) is 0 Å².